The van der Waals surface area contributed by atoms with E-state index in [-0.39, 0.29) is 11.4 Å². The average Bonchev–Trinajstić information content (AvgIpc) is 3.27. The topological polar surface area (TPSA) is 95.6 Å². The van der Waals surface area contributed by atoms with Crippen molar-refractivity contribution in [3.8, 4) is 0 Å². The van der Waals surface area contributed by atoms with Crippen LogP contribution in [0.3, 0.4) is 0 Å². The van der Waals surface area contributed by atoms with Crippen LogP contribution in [-0.2, 0) is 16.6 Å². The summed E-state index contributed by atoms with van der Waals surface area (Å²) in [5.41, 5.74) is 4.86. The Balaban J connectivity index is 1.76. The van der Waals surface area contributed by atoms with Crippen LogP contribution in [0.2, 0.25) is 0 Å². The number of nitrogens with one attached hydrogen (secondary N) is 2. The van der Waals surface area contributed by atoms with Gasteiger partial charge in [-0.2, -0.15) is 15.6 Å². The maximum Gasteiger partial charge on any atom is 0.272 e. The second-order valence-electron chi connectivity index (χ2n) is 6.31. The molecule has 0 aliphatic rings. The Kier molecular flexibility index (Phi) is 6.60. The molecule has 2 N–H and O–H groups in total. The SMILES string of the molecule is CN(Cc1ccccc1)S(=O)(=O)c1ccc(F)c(C(=O)NNC(=O)c2ccsc2)c1. The van der Waals surface area contributed by atoms with Gasteiger partial charge >= 0.3 is 0 Å². The highest BCUT2D eigenvalue weighted by atomic mass is 32.2. The molecule has 0 aliphatic heterocycles. The first kappa shape index (κ1) is 21.6. The summed E-state index contributed by atoms with van der Waals surface area (Å²) >= 11 is 1.30. The van der Waals surface area contributed by atoms with Crippen LogP contribution in [0, 0.1) is 5.82 Å². The standard InChI is InChI=1S/C20H18FN3O4S2/c1-24(12-14-5-3-2-4-6-14)30(27,28)16-7-8-18(21)17(11-16)20(26)23-22-19(25)15-9-10-29-13-15/h2-11,13H,12H2,1H3,(H,22,25)(H,23,26). The lowest BCUT2D eigenvalue weighted by Gasteiger charge is -2.18. The van der Waals surface area contributed by atoms with Crippen molar-refractivity contribution in [3.63, 3.8) is 0 Å². The molecule has 30 heavy (non-hydrogen) atoms. The number of hydrogen-bond acceptors (Lipinski definition) is 5. The van der Waals surface area contributed by atoms with Crippen LogP contribution in [0.15, 0.2) is 70.3 Å². The van der Waals surface area contributed by atoms with Crippen molar-refractivity contribution in [1.82, 2.24) is 15.2 Å². The molecule has 2 amide bonds. The number of hydrogen-bond donors (Lipinski definition) is 2. The molecule has 0 radical (unpaired) electrons. The quantitative estimate of drug-likeness (QED) is 0.568. The van der Waals surface area contributed by atoms with Gasteiger partial charge in [0.05, 0.1) is 16.0 Å². The molecule has 0 aliphatic carbocycles. The summed E-state index contributed by atoms with van der Waals surface area (Å²) in [6, 6.07) is 13.5. The van der Waals surface area contributed by atoms with E-state index in [0.717, 1.165) is 28.1 Å². The second kappa shape index (κ2) is 9.16. The van der Waals surface area contributed by atoms with Crippen LogP contribution in [0.1, 0.15) is 26.3 Å². The Labute approximate surface area is 177 Å². The van der Waals surface area contributed by atoms with E-state index in [1.807, 2.05) is 6.07 Å². The fourth-order valence-corrected chi connectivity index (χ4v) is 4.41. The fraction of sp³-hybridized carbons (Fsp3) is 0.100. The van der Waals surface area contributed by atoms with Crippen LogP contribution < -0.4 is 10.9 Å². The zero-order valence-electron chi connectivity index (χ0n) is 15.8. The van der Waals surface area contributed by atoms with Gasteiger partial charge in [0.1, 0.15) is 5.82 Å². The smallest absolute Gasteiger partial charge is 0.267 e. The van der Waals surface area contributed by atoms with E-state index >= 15 is 0 Å². The van der Waals surface area contributed by atoms with Crippen molar-refractivity contribution >= 4 is 33.2 Å². The Hall–Kier alpha value is -3.08. The molecular formula is C20H18FN3O4S2. The molecule has 0 bridgehead atoms. The Bertz CT molecular complexity index is 1150. The number of thiophene rings is 1. The summed E-state index contributed by atoms with van der Waals surface area (Å²) in [6.07, 6.45) is 0. The molecule has 1 aromatic heterocycles. The predicted molar refractivity (Wildman–Crippen MR) is 111 cm³/mol. The van der Waals surface area contributed by atoms with Gasteiger partial charge in [-0.3, -0.25) is 20.4 Å². The zero-order valence-corrected chi connectivity index (χ0v) is 17.5. The summed E-state index contributed by atoms with van der Waals surface area (Å²) in [6.45, 7) is 0.110. The van der Waals surface area contributed by atoms with Gasteiger partial charge < -0.3 is 0 Å². The van der Waals surface area contributed by atoms with Gasteiger partial charge in [0.2, 0.25) is 10.0 Å². The number of amides is 2. The first-order valence-electron chi connectivity index (χ1n) is 8.72. The summed E-state index contributed by atoms with van der Waals surface area (Å²) in [5, 5.41) is 3.27. The Morgan fingerprint density at radius 2 is 1.73 bits per heavy atom. The summed E-state index contributed by atoms with van der Waals surface area (Å²) in [5.74, 6) is -2.46. The van der Waals surface area contributed by atoms with Crippen LogP contribution >= 0.6 is 11.3 Å². The van der Waals surface area contributed by atoms with Gasteiger partial charge in [-0.25, -0.2) is 12.8 Å². The van der Waals surface area contributed by atoms with Crippen molar-refractivity contribution in [2.24, 2.45) is 0 Å². The third-order valence-electron chi connectivity index (χ3n) is 4.21. The number of sulfonamides is 1. The third kappa shape index (κ3) is 4.90. The second-order valence-corrected chi connectivity index (χ2v) is 9.13. The predicted octanol–water partition coefficient (Wildman–Crippen LogP) is 2.78. The number of hydrazine groups is 1. The summed E-state index contributed by atoms with van der Waals surface area (Å²) in [7, 11) is -2.58. The lowest BCUT2D eigenvalue weighted by molar-refractivity contribution is 0.0844. The molecule has 0 saturated heterocycles. The van der Waals surface area contributed by atoms with Crippen LogP contribution in [0.25, 0.3) is 0 Å². The molecule has 0 unspecified atom stereocenters. The van der Waals surface area contributed by atoms with Crippen molar-refractivity contribution < 1.29 is 22.4 Å². The van der Waals surface area contributed by atoms with E-state index in [4.69, 9.17) is 0 Å². The summed E-state index contributed by atoms with van der Waals surface area (Å²) in [4.78, 5) is 24.0. The maximum atomic E-state index is 14.2. The van der Waals surface area contributed by atoms with Gasteiger partial charge in [0.15, 0.2) is 0 Å². The van der Waals surface area contributed by atoms with Gasteiger partial charge in [0, 0.05) is 19.0 Å². The number of carbonyl (C=O) groups excluding carboxylic acids is 2. The number of benzene rings is 2. The molecule has 7 nitrogen and oxygen atoms in total. The van der Waals surface area contributed by atoms with E-state index in [2.05, 4.69) is 10.9 Å². The Morgan fingerprint density at radius 3 is 2.40 bits per heavy atom. The first-order valence-corrected chi connectivity index (χ1v) is 11.1. The molecule has 3 rings (SSSR count). The molecule has 2 aromatic carbocycles. The zero-order chi connectivity index (χ0) is 21.7. The molecule has 0 spiro atoms. The molecule has 1 heterocycles. The minimum Gasteiger partial charge on any atom is -0.267 e. The largest absolute Gasteiger partial charge is 0.272 e. The van der Waals surface area contributed by atoms with E-state index in [0.29, 0.717) is 5.56 Å². The molecule has 156 valence electrons. The van der Waals surface area contributed by atoms with E-state index in [9.17, 15) is 22.4 Å². The molecule has 10 heteroatoms. The van der Waals surface area contributed by atoms with Crippen molar-refractivity contribution in [3.05, 3.63) is 87.9 Å². The molecular weight excluding hydrogens is 429 g/mol. The van der Waals surface area contributed by atoms with Gasteiger partial charge in [-0.15, -0.1) is 0 Å². The fourth-order valence-electron chi connectivity index (χ4n) is 2.59. The van der Waals surface area contributed by atoms with Crippen LogP contribution in [-0.4, -0.2) is 31.6 Å². The highest BCUT2D eigenvalue weighted by molar-refractivity contribution is 7.89. The van der Waals surface area contributed by atoms with Crippen molar-refractivity contribution in [2.75, 3.05) is 7.05 Å². The average molecular weight is 448 g/mol. The lowest BCUT2D eigenvalue weighted by Crippen LogP contribution is -2.41. The number of nitrogens with zero attached hydrogens (tertiary/aromatic N) is 1. The van der Waals surface area contributed by atoms with Gasteiger partial charge in [-0.1, -0.05) is 30.3 Å². The van der Waals surface area contributed by atoms with Gasteiger partial charge in [0.25, 0.3) is 11.8 Å². The van der Waals surface area contributed by atoms with E-state index in [1.54, 1.807) is 41.1 Å². The monoisotopic (exact) mass is 447 g/mol. The third-order valence-corrected chi connectivity index (χ3v) is 6.69. The molecule has 0 atom stereocenters. The highest BCUT2D eigenvalue weighted by Gasteiger charge is 2.24. The number of halogens is 1. The van der Waals surface area contributed by atoms with Crippen molar-refractivity contribution in [1.29, 1.82) is 0 Å². The molecule has 0 fully saturated rings. The first-order chi connectivity index (χ1) is 14.3. The van der Waals surface area contributed by atoms with Crippen LogP contribution in [0.4, 0.5) is 4.39 Å². The maximum absolute atomic E-state index is 14.2. The Morgan fingerprint density at radius 1 is 1.03 bits per heavy atom. The van der Waals surface area contributed by atoms with E-state index in [1.165, 1.54) is 18.4 Å². The van der Waals surface area contributed by atoms with Crippen molar-refractivity contribution in [2.45, 2.75) is 11.4 Å². The highest BCUT2D eigenvalue weighted by Crippen LogP contribution is 2.20. The normalized spacial score (nSPS) is 11.3. The minimum absolute atomic E-state index is 0.110. The lowest BCUT2D eigenvalue weighted by atomic mass is 10.2. The molecule has 3 aromatic rings. The minimum atomic E-state index is -3.98. The molecule has 0 saturated carbocycles. The number of rotatable bonds is 6. The van der Waals surface area contributed by atoms with Crippen LogP contribution in [0.5, 0.6) is 0 Å². The summed E-state index contributed by atoms with van der Waals surface area (Å²) < 4.78 is 41.0. The van der Waals surface area contributed by atoms with E-state index < -0.39 is 33.2 Å². The number of carbonyl (C=O) groups is 2. The van der Waals surface area contributed by atoms with Gasteiger partial charge in [-0.05, 0) is 35.2 Å².